The molecule has 1 aromatic rings. The first-order valence-electron chi connectivity index (χ1n) is 6.26. The molecule has 5 heteroatoms. The molecule has 1 aromatic heterocycles. The predicted octanol–water partition coefficient (Wildman–Crippen LogP) is 1.41. The fourth-order valence-electron chi connectivity index (χ4n) is 2.55. The van der Waals surface area contributed by atoms with Crippen LogP contribution in [0.15, 0.2) is 18.5 Å². The monoisotopic (exact) mass is 249 g/mol. The number of hydrogen-bond acceptors (Lipinski definition) is 4. The summed E-state index contributed by atoms with van der Waals surface area (Å²) < 4.78 is 0. The second-order valence-electron chi connectivity index (χ2n) is 5.24. The fraction of sp³-hybridized carbons (Fsp3) is 0.615. The van der Waals surface area contributed by atoms with Gasteiger partial charge >= 0.3 is 5.97 Å². The molecule has 0 amide bonds. The van der Waals surface area contributed by atoms with Crippen LogP contribution in [0.2, 0.25) is 0 Å². The predicted molar refractivity (Wildman–Crippen MR) is 66.8 cm³/mol. The second-order valence-corrected chi connectivity index (χ2v) is 5.24. The lowest BCUT2D eigenvalue weighted by atomic mass is 9.76. The third kappa shape index (κ3) is 2.36. The minimum Gasteiger partial charge on any atom is -0.481 e. The van der Waals surface area contributed by atoms with Crippen molar-refractivity contribution in [2.45, 2.75) is 26.8 Å². The van der Waals surface area contributed by atoms with Gasteiger partial charge in [-0.05, 0) is 24.9 Å². The van der Waals surface area contributed by atoms with Crippen molar-refractivity contribution < 1.29 is 9.90 Å². The second kappa shape index (κ2) is 5.02. The summed E-state index contributed by atoms with van der Waals surface area (Å²) in [4.78, 5) is 22.0. The van der Waals surface area contributed by atoms with Crippen molar-refractivity contribution in [3.8, 4) is 0 Å². The maximum absolute atomic E-state index is 11.5. The third-order valence-electron chi connectivity index (χ3n) is 3.90. The Hall–Kier alpha value is -1.49. The van der Waals surface area contributed by atoms with Crippen LogP contribution < -0.4 is 0 Å². The van der Waals surface area contributed by atoms with E-state index in [1.807, 2.05) is 13.8 Å². The van der Waals surface area contributed by atoms with Crippen LogP contribution in [0.3, 0.4) is 0 Å². The molecule has 1 unspecified atom stereocenters. The zero-order valence-corrected chi connectivity index (χ0v) is 10.8. The summed E-state index contributed by atoms with van der Waals surface area (Å²) in [5.41, 5.74) is -0.616. The number of carboxylic acids is 1. The van der Waals surface area contributed by atoms with E-state index in [-0.39, 0.29) is 5.92 Å². The molecule has 1 aliphatic rings. The van der Waals surface area contributed by atoms with Crippen LogP contribution in [-0.2, 0) is 11.3 Å². The highest BCUT2D eigenvalue weighted by Crippen LogP contribution is 2.38. The average Bonchev–Trinajstić information content (AvgIpc) is 2.76. The number of hydrogen-bond donors (Lipinski definition) is 1. The first-order chi connectivity index (χ1) is 8.54. The van der Waals surface area contributed by atoms with Crippen molar-refractivity contribution in [2.75, 3.05) is 13.1 Å². The molecule has 2 rings (SSSR count). The molecule has 1 saturated heterocycles. The van der Waals surface area contributed by atoms with E-state index in [2.05, 4.69) is 14.9 Å². The van der Waals surface area contributed by atoms with Crippen LogP contribution in [0.4, 0.5) is 0 Å². The summed E-state index contributed by atoms with van der Waals surface area (Å²) in [6.07, 6.45) is 4.13. The van der Waals surface area contributed by atoms with Gasteiger partial charge in [0.25, 0.3) is 0 Å². The zero-order valence-electron chi connectivity index (χ0n) is 10.8. The molecular weight excluding hydrogens is 230 g/mol. The largest absolute Gasteiger partial charge is 0.481 e. The lowest BCUT2D eigenvalue weighted by molar-refractivity contribution is -0.151. The van der Waals surface area contributed by atoms with E-state index in [1.165, 1.54) is 0 Å². The topological polar surface area (TPSA) is 66.3 Å². The van der Waals surface area contributed by atoms with Crippen LogP contribution in [0, 0.1) is 11.3 Å². The molecule has 0 aliphatic carbocycles. The summed E-state index contributed by atoms with van der Waals surface area (Å²) >= 11 is 0. The normalized spacial score (nSPS) is 24.6. The average molecular weight is 249 g/mol. The molecule has 0 saturated carbocycles. The quantitative estimate of drug-likeness (QED) is 0.874. The minimum atomic E-state index is -0.686. The lowest BCUT2D eigenvalue weighted by Crippen LogP contribution is -2.39. The summed E-state index contributed by atoms with van der Waals surface area (Å²) in [7, 11) is 0. The molecule has 98 valence electrons. The lowest BCUT2D eigenvalue weighted by Gasteiger charge is -2.28. The Bertz CT molecular complexity index is 422. The minimum absolute atomic E-state index is 0.136. The van der Waals surface area contributed by atoms with E-state index in [4.69, 9.17) is 0 Å². The highest BCUT2D eigenvalue weighted by molar-refractivity contribution is 5.75. The molecule has 0 radical (unpaired) electrons. The molecule has 1 N–H and O–H groups in total. The number of carboxylic acid groups (broad SMARTS) is 1. The Balaban J connectivity index is 2.06. The summed E-state index contributed by atoms with van der Waals surface area (Å²) in [5.74, 6) is 0.202. The first-order valence-corrected chi connectivity index (χ1v) is 6.26. The smallest absolute Gasteiger partial charge is 0.311 e. The molecule has 18 heavy (non-hydrogen) atoms. The molecular formula is C13H19N3O2. The summed E-state index contributed by atoms with van der Waals surface area (Å²) in [6, 6.07) is 1.78. The number of nitrogens with zero attached hydrogens (tertiary/aromatic N) is 3. The standard InChI is InChI=1S/C13H19N3O2/c1-10(2)13(12(17)18)4-7-16(9-13)8-11-14-5-3-6-15-11/h3,5-6,10H,4,7-9H2,1-2H3,(H,17,18). The van der Waals surface area contributed by atoms with Crippen LogP contribution in [0.1, 0.15) is 26.1 Å². The van der Waals surface area contributed by atoms with Crippen LogP contribution in [0.25, 0.3) is 0 Å². The van der Waals surface area contributed by atoms with E-state index < -0.39 is 11.4 Å². The van der Waals surface area contributed by atoms with Gasteiger partial charge in [0.05, 0.1) is 12.0 Å². The Morgan fingerprint density at radius 1 is 1.50 bits per heavy atom. The van der Waals surface area contributed by atoms with Crippen LogP contribution in [0.5, 0.6) is 0 Å². The van der Waals surface area contributed by atoms with Gasteiger partial charge < -0.3 is 5.11 Å². The zero-order chi connectivity index (χ0) is 13.2. The summed E-state index contributed by atoms with van der Waals surface area (Å²) in [6.45, 7) is 5.97. The van der Waals surface area contributed by atoms with Crippen molar-refractivity contribution >= 4 is 5.97 Å². The number of rotatable bonds is 4. The summed E-state index contributed by atoms with van der Waals surface area (Å²) in [5, 5.41) is 9.46. The van der Waals surface area contributed by atoms with Gasteiger partial charge in [-0.2, -0.15) is 0 Å². The molecule has 1 aliphatic heterocycles. The van der Waals surface area contributed by atoms with Gasteiger partial charge in [0.1, 0.15) is 5.82 Å². The highest BCUT2D eigenvalue weighted by atomic mass is 16.4. The Labute approximate surface area is 107 Å². The molecule has 1 fully saturated rings. The van der Waals surface area contributed by atoms with Gasteiger partial charge in [0.15, 0.2) is 0 Å². The number of aromatic nitrogens is 2. The maximum Gasteiger partial charge on any atom is 0.311 e. The Kier molecular flexibility index (Phi) is 3.61. The molecule has 0 spiro atoms. The van der Waals surface area contributed by atoms with E-state index in [0.29, 0.717) is 19.5 Å². The van der Waals surface area contributed by atoms with Crippen molar-refractivity contribution in [1.29, 1.82) is 0 Å². The van der Waals surface area contributed by atoms with Gasteiger partial charge in [-0.15, -0.1) is 0 Å². The van der Waals surface area contributed by atoms with E-state index in [0.717, 1.165) is 12.4 Å². The first kappa shape index (κ1) is 13.0. The van der Waals surface area contributed by atoms with E-state index in [9.17, 15) is 9.90 Å². The Morgan fingerprint density at radius 2 is 2.17 bits per heavy atom. The number of aliphatic carboxylic acids is 1. The van der Waals surface area contributed by atoms with Gasteiger partial charge in [0, 0.05) is 18.9 Å². The molecule has 0 aromatic carbocycles. The van der Waals surface area contributed by atoms with Gasteiger partial charge in [-0.3, -0.25) is 9.69 Å². The van der Waals surface area contributed by atoms with Crippen molar-refractivity contribution in [2.24, 2.45) is 11.3 Å². The highest BCUT2D eigenvalue weighted by Gasteiger charge is 2.47. The molecule has 5 nitrogen and oxygen atoms in total. The maximum atomic E-state index is 11.5. The third-order valence-corrected chi connectivity index (χ3v) is 3.90. The van der Waals surface area contributed by atoms with Gasteiger partial charge in [0.2, 0.25) is 0 Å². The van der Waals surface area contributed by atoms with E-state index in [1.54, 1.807) is 18.5 Å². The van der Waals surface area contributed by atoms with Crippen molar-refractivity contribution in [3.63, 3.8) is 0 Å². The van der Waals surface area contributed by atoms with Gasteiger partial charge in [-0.1, -0.05) is 13.8 Å². The van der Waals surface area contributed by atoms with Crippen molar-refractivity contribution in [1.82, 2.24) is 14.9 Å². The molecule has 2 heterocycles. The number of carbonyl (C=O) groups is 1. The van der Waals surface area contributed by atoms with Crippen LogP contribution >= 0.6 is 0 Å². The number of likely N-dealkylation sites (tertiary alicyclic amines) is 1. The Morgan fingerprint density at radius 3 is 2.67 bits per heavy atom. The van der Waals surface area contributed by atoms with Crippen molar-refractivity contribution in [3.05, 3.63) is 24.3 Å². The SMILES string of the molecule is CC(C)C1(C(=O)O)CCN(Cc2ncccn2)C1. The molecule has 1 atom stereocenters. The fourth-order valence-corrected chi connectivity index (χ4v) is 2.55. The van der Waals surface area contributed by atoms with Gasteiger partial charge in [-0.25, -0.2) is 9.97 Å². The van der Waals surface area contributed by atoms with E-state index >= 15 is 0 Å². The van der Waals surface area contributed by atoms with Crippen LogP contribution in [-0.4, -0.2) is 39.0 Å². The molecule has 0 bridgehead atoms.